The number of aromatic nitrogens is 5. The normalized spacial score (nSPS) is 12.6. The van der Waals surface area contributed by atoms with E-state index in [9.17, 15) is 22.0 Å². The van der Waals surface area contributed by atoms with Crippen LogP contribution in [0.3, 0.4) is 0 Å². The number of methoxy groups -OCH3 is 1. The number of benzene rings is 1. The summed E-state index contributed by atoms with van der Waals surface area (Å²) in [7, 11) is 1.47. The van der Waals surface area contributed by atoms with Gasteiger partial charge in [-0.15, -0.1) is 10.2 Å². The molecule has 0 radical (unpaired) electrons. The number of halogens is 5. The average Bonchev–Trinajstić information content (AvgIpc) is 3.47. The number of imidazole rings is 1. The summed E-state index contributed by atoms with van der Waals surface area (Å²) in [5.74, 6) is -4.58. The summed E-state index contributed by atoms with van der Waals surface area (Å²) < 4.78 is 80.3. The fraction of sp³-hybridized carbons (Fsp3) is 0.182. The lowest BCUT2D eigenvalue weighted by molar-refractivity contribution is -0.290. The average molecular weight is 475 g/mol. The predicted octanol–water partition coefficient (Wildman–Crippen LogP) is 5.57. The van der Waals surface area contributed by atoms with Gasteiger partial charge in [0.2, 0.25) is 6.39 Å². The quantitative estimate of drug-likeness (QED) is 0.316. The number of pyridine rings is 2. The minimum absolute atomic E-state index is 0.0552. The monoisotopic (exact) mass is 475 g/mol. The van der Waals surface area contributed by atoms with Crippen LogP contribution in [0.1, 0.15) is 11.3 Å². The van der Waals surface area contributed by atoms with Crippen LogP contribution in [0.25, 0.3) is 39.4 Å². The van der Waals surface area contributed by atoms with Crippen molar-refractivity contribution in [2.45, 2.75) is 19.0 Å². The number of hydrogen-bond acceptors (Lipinski definition) is 6. The number of fused-ring (bicyclic) bond motifs is 3. The molecular formula is C22H14F5N5O2. The van der Waals surface area contributed by atoms with Crippen molar-refractivity contribution in [3.8, 4) is 28.5 Å². The molecule has 0 spiro atoms. The molecule has 7 nitrogen and oxygen atoms in total. The maximum atomic E-state index is 14.4. The van der Waals surface area contributed by atoms with Crippen molar-refractivity contribution in [3.63, 3.8) is 0 Å². The van der Waals surface area contributed by atoms with Gasteiger partial charge >= 0.3 is 12.1 Å². The molecule has 4 heterocycles. The Labute approximate surface area is 187 Å². The highest BCUT2D eigenvalue weighted by Crippen LogP contribution is 2.45. The third kappa shape index (κ3) is 3.33. The van der Waals surface area contributed by atoms with Crippen LogP contribution >= 0.6 is 0 Å². The Morgan fingerprint density at radius 1 is 1.00 bits per heavy atom. The zero-order chi connectivity index (χ0) is 24.3. The standard InChI is InChI=1S/C22H14F5N5O2/c1-11-7-12(3-5-16(11)33-2)14-8-17(21(23,24)22(25,26)27)30-19-13(14)4-6-18-29-15(9-32(18)19)20-31-28-10-34-20/h3-10H,1-2H3. The van der Waals surface area contributed by atoms with Crippen LogP contribution in [0.2, 0.25) is 0 Å². The molecule has 0 aliphatic heterocycles. The molecule has 4 aromatic heterocycles. The van der Waals surface area contributed by atoms with Gasteiger partial charge < -0.3 is 9.15 Å². The molecule has 0 fully saturated rings. The van der Waals surface area contributed by atoms with E-state index in [4.69, 9.17) is 9.15 Å². The molecule has 0 aliphatic carbocycles. The Kier molecular flexibility index (Phi) is 4.78. The number of alkyl halides is 5. The predicted molar refractivity (Wildman–Crippen MR) is 110 cm³/mol. The fourth-order valence-corrected chi connectivity index (χ4v) is 3.71. The number of rotatable bonds is 4. The van der Waals surface area contributed by atoms with E-state index in [1.165, 1.54) is 17.7 Å². The van der Waals surface area contributed by atoms with Crippen LogP contribution in [-0.2, 0) is 5.92 Å². The molecular weight excluding hydrogens is 461 g/mol. The molecule has 0 saturated heterocycles. The van der Waals surface area contributed by atoms with Crippen molar-refractivity contribution >= 4 is 16.7 Å². The van der Waals surface area contributed by atoms with Gasteiger partial charge in [-0.3, -0.25) is 4.40 Å². The number of nitrogens with zero attached hydrogens (tertiary/aromatic N) is 5. The van der Waals surface area contributed by atoms with Gasteiger partial charge in [0.05, 0.1) is 7.11 Å². The van der Waals surface area contributed by atoms with E-state index in [0.717, 1.165) is 12.5 Å². The van der Waals surface area contributed by atoms with Gasteiger partial charge in [-0.05, 0) is 53.9 Å². The largest absolute Gasteiger partial charge is 0.496 e. The molecule has 0 aliphatic rings. The molecule has 0 saturated carbocycles. The van der Waals surface area contributed by atoms with Gasteiger partial charge in [0.15, 0.2) is 0 Å². The van der Waals surface area contributed by atoms with Crippen molar-refractivity contribution in [3.05, 3.63) is 60.2 Å². The maximum absolute atomic E-state index is 14.4. The zero-order valence-corrected chi connectivity index (χ0v) is 17.6. The zero-order valence-electron chi connectivity index (χ0n) is 17.6. The van der Waals surface area contributed by atoms with E-state index in [0.29, 0.717) is 22.3 Å². The van der Waals surface area contributed by atoms with Gasteiger partial charge in [-0.1, -0.05) is 6.07 Å². The van der Waals surface area contributed by atoms with Crippen molar-refractivity contribution < 1.29 is 31.1 Å². The highest BCUT2D eigenvalue weighted by atomic mass is 19.4. The van der Waals surface area contributed by atoms with Gasteiger partial charge in [0.25, 0.3) is 5.89 Å². The first-order chi connectivity index (χ1) is 16.1. The first-order valence-electron chi connectivity index (χ1n) is 9.79. The van der Waals surface area contributed by atoms with E-state index >= 15 is 0 Å². The van der Waals surface area contributed by atoms with Crippen LogP contribution < -0.4 is 4.74 Å². The van der Waals surface area contributed by atoms with Crippen LogP contribution in [0.15, 0.2) is 53.4 Å². The lowest BCUT2D eigenvalue weighted by Crippen LogP contribution is -2.34. The van der Waals surface area contributed by atoms with Crippen molar-refractivity contribution in [2.75, 3.05) is 7.11 Å². The number of aryl methyl sites for hydroxylation is 1. The Hall–Kier alpha value is -4.09. The number of hydrogen-bond donors (Lipinski definition) is 0. The first kappa shape index (κ1) is 21.7. The maximum Gasteiger partial charge on any atom is 0.459 e. The number of ether oxygens (including phenoxy) is 1. The lowest BCUT2D eigenvalue weighted by Gasteiger charge is -2.21. The third-order valence-electron chi connectivity index (χ3n) is 5.36. The van der Waals surface area contributed by atoms with E-state index in [-0.39, 0.29) is 28.4 Å². The summed E-state index contributed by atoms with van der Waals surface area (Å²) in [4.78, 5) is 8.03. The Morgan fingerprint density at radius 2 is 1.79 bits per heavy atom. The summed E-state index contributed by atoms with van der Waals surface area (Å²) >= 11 is 0. The highest BCUT2D eigenvalue weighted by Gasteiger charge is 2.60. The van der Waals surface area contributed by atoms with Gasteiger partial charge in [-0.25, -0.2) is 9.97 Å². The smallest absolute Gasteiger partial charge is 0.459 e. The molecule has 1 aromatic carbocycles. The molecule has 0 amide bonds. The van der Waals surface area contributed by atoms with E-state index < -0.39 is 17.8 Å². The second-order valence-corrected chi connectivity index (χ2v) is 7.48. The molecule has 0 unspecified atom stereocenters. The van der Waals surface area contributed by atoms with Crippen LogP contribution in [0.4, 0.5) is 22.0 Å². The summed E-state index contributed by atoms with van der Waals surface area (Å²) in [6.07, 6.45) is -3.36. The lowest BCUT2D eigenvalue weighted by atomic mass is 9.98. The van der Waals surface area contributed by atoms with Gasteiger partial charge in [-0.2, -0.15) is 22.0 Å². The van der Waals surface area contributed by atoms with Gasteiger partial charge in [0, 0.05) is 11.6 Å². The van der Waals surface area contributed by atoms with E-state index in [2.05, 4.69) is 20.2 Å². The Morgan fingerprint density at radius 3 is 2.44 bits per heavy atom. The highest BCUT2D eigenvalue weighted by molar-refractivity contribution is 5.95. The molecule has 34 heavy (non-hydrogen) atoms. The molecule has 0 N–H and O–H groups in total. The summed E-state index contributed by atoms with van der Waals surface area (Å²) in [6.45, 7) is 1.74. The minimum Gasteiger partial charge on any atom is -0.496 e. The molecule has 174 valence electrons. The minimum atomic E-state index is -5.83. The second-order valence-electron chi connectivity index (χ2n) is 7.48. The van der Waals surface area contributed by atoms with Crippen LogP contribution in [0, 0.1) is 6.92 Å². The van der Waals surface area contributed by atoms with Crippen molar-refractivity contribution in [1.82, 2.24) is 24.6 Å². The Bertz CT molecular complexity index is 1530. The molecule has 0 atom stereocenters. The first-order valence-corrected chi connectivity index (χ1v) is 9.79. The molecule has 12 heteroatoms. The van der Waals surface area contributed by atoms with Crippen LogP contribution in [0.5, 0.6) is 5.75 Å². The third-order valence-corrected chi connectivity index (χ3v) is 5.36. The SMILES string of the molecule is COc1ccc(-c2cc(C(F)(F)C(F)(F)F)nc3c2ccc2nc(-c4nnco4)cn23)cc1C. The van der Waals surface area contributed by atoms with Crippen molar-refractivity contribution in [2.24, 2.45) is 0 Å². The Balaban J connectivity index is 1.84. The topological polar surface area (TPSA) is 78.3 Å². The molecule has 0 bridgehead atoms. The van der Waals surface area contributed by atoms with E-state index in [1.807, 2.05) is 0 Å². The second kappa shape index (κ2) is 7.47. The van der Waals surface area contributed by atoms with Crippen molar-refractivity contribution in [1.29, 1.82) is 0 Å². The van der Waals surface area contributed by atoms with E-state index in [1.54, 1.807) is 37.3 Å². The molecule has 5 rings (SSSR count). The summed E-state index contributed by atoms with van der Waals surface area (Å²) in [6, 6.07) is 8.75. The summed E-state index contributed by atoms with van der Waals surface area (Å²) in [5, 5.41) is 7.65. The van der Waals surface area contributed by atoms with Crippen LogP contribution in [-0.4, -0.2) is 37.9 Å². The fourth-order valence-electron chi connectivity index (χ4n) is 3.71. The summed E-state index contributed by atoms with van der Waals surface area (Å²) in [5.41, 5.74) is 0.124. The molecule has 5 aromatic rings. The van der Waals surface area contributed by atoms with Gasteiger partial charge in [0.1, 0.15) is 28.4 Å².